The second kappa shape index (κ2) is 10.3. The Hall–Kier alpha value is -3.32. The summed E-state index contributed by atoms with van der Waals surface area (Å²) in [4.78, 5) is 29.4. The highest BCUT2D eigenvalue weighted by Gasteiger charge is 2.08. The minimum atomic E-state index is -0.234. The van der Waals surface area contributed by atoms with E-state index in [9.17, 15) is 9.59 Å². The molecule has 6 nitrogen and oxygen atoms in total. The van der Waals surface area contributed by atoms with E-state index >= 15 is 0 Å². The zero-order valence-corrected chi connectivity index (χ0v) is 16.7. The molecule has 0 aliphatic carbocycles. The molecule has 0 saturated heterocycles. The highest BCUT2D eigenvalue weighted by Crippen LogP contribution is 2.22. The third kappa shape index (κ3) is 6.36. The molecular formula is C22H21N3O3S. The van der Waals surface area contributed by atoms with Gasteiger partial charge in [-0.1, -0.05) is 6.07 Å². The Bertz CT molecular complexity index is 963. The van der Waals surface area contributed by atoms with Gasteiger partial charge in [0.15, 0.2) is 0 Å². The van der Waals surface area contributed by atoms with Crippen molar-refractivity contribution in [2.45, 2.75) is 11.8 Å². The topological polar surface area (TPSA) is 80.3 Å². The maximum atomic E-state index is 12.3. The van der Waals surface area contributed by atoms with Gasteiger partial charge in [-0.15, -0.1) is 11.8 Å². The molecule has 0 atom stereocenters. The summed E-state index contributed by atoms with van der Waals surface area (Å²) in [7, 11) is 0. The van der Waals surface area contributed by atoms with E-state index in [-0.39, 0.29) is 17.6 Å². The van der Waals surface area contributed by atoms with Crippen LogP contribution in [0.5, 0.6) is 5.75 Å². The Morgan fingerprint density at radius 1 is 0.966 bits per heavy atom. The molecule has 0 aliphatic heterocycles. The largest absolute Gasteiger partial charge is 0.494 e. The number of hydrogen-bond acceptors (Lipinski definition) is 5. The lowest BCUT2D eigenvalue weighted by molar-refractivity contribution is -0.113. The lowest BCUT2D eigenvalue weighted by Gasteiger charge is -2.09. The summed E-state index contributed by atoms with van der Waals surface area (Å²) in [6.07, 6.45) is 3.13. The van der Waals surface area contributed by atoms with Crippen LogP contribution in [0.3, 0.4) is 0 Å². The molecule has 1 aromatic heterocycles. The zero-order valence-electron chi connectivity index (χ0n) is 15.9. The summed E-state index contributed by atoms with van der Waals surface area (Å²) in [6, 6.07) is 18.0. The fourth-order valence-electron chi connectivity index (χ4n) is 2.53. The number of amides is 2. The van der Waals surface area contributed by atoms with Gasteiger partial charge in [0, 0.05) is 34.2 Å². The van der Waals surface area contributed by atoms with Crippen LogP contribution < -0.4 is 15.4 Å². The number of pyridine rings is 1. The molecular weight excluding hydrogens is 386 g/mol. The summed E-state index contributed by atoms with van der Waals surface area (Å²) in [5.41, 5.74) is 1.74. The van der Waals surface area contributed by atoms with Crippen LogP contribution >= 0.6 is 11.8 Å². The Morgan fingerprint density at radius 3 is 2.34 bits per heavy atom. The van der Waals surface area contributed by atoms with Crippen molar-refractivity contribution in [1.82, 2.24) is 4.98 Å². The predicted octanol–water partition coefficient (Wildman–Crippen LogP) is 4.46. The molecule has 7 heteroatoms. The van der Waals surface area contributed by atoms with Crippen molar-refractivity contribution >= 4 is 35.0 Å². The van der Waals surface area contributed by atoms with E-state index in [1.54, 1.807) is 48.8 Å². The number of nitrogens with one attached hydrogen (secondary N) is 2. The number of aromatic nitrogens is 1. The van der Waals surface area contributed by atoms with Gasteiger partial charge in [-0.3, -0.25) is 14.6 Å². The number of hydrogen-bond donors (Lipinski definition) is 2. The van der Waals surface area contributed by atoms with Gasteiger partial charge in [0.1, 0.15) is 5.75 Å². The molecule has 0 aliphatic rings. The fourth-order valence-corrected chi connectivity index (χ4v) is 3.22. The van der Waals surface area contributed by atoms with E-state index < -0.39 is 0 Å². The molecule has 1 heterocycles. The summed E-state index contributed by atoms with van der Waals surface area (Å²) >= 11 is 1.44. The van der Waals surface area contributed by atoms with Gasteiger partial charge >= 0.3 is 0 Å². The van der Waals surface area contributed by atoms with Crippen LogP contribution in [0.1, 0.15) is 17.3 Å². The number of rotatable bonds is 8. The molecule has 0 unspecified atom stereocenters. The summed E-state index contributed by atoms with van der Waals surface area (Å²) in [6.45, 7) is 2.56. The first kappa shape index (κ1) is 20.4. The molecule has 0 radical (unpaired) electrons. The van der Waals surface area contributed by atoms with E-state index in [4.69, 9.17) is 4.74 Å². The van der Waals surface area contributed by atoms with Crippen LogP contribution in [0.15, 0.2) is 78.0 Å². The molecule has 29 heavy (non-hydrogen) atoms. The first-order valence-electron chi connectivity index (χ1n) is 9.11. The molecule has 148 valence electrons. The van der Waals surface area contributed by atoms with Crippen molar-refractivity contribution in [2.24, 2.45) is 0 Å². The molecule has 0 spiro atoms. The Kier molecular flexibility index (Phi) is 7.24. The quantitative estimate of drug-likeness (QED) is 0.539. The minimum absolute atomic E-state index is 0.124. The van der Waals surface area contributed by atoms with E-state index in [0.717, 1.165) is 10.6 Å². The average Bonchev–Trinajstić information content (AvgIpc) is 2.74. The molecule has 2 N–H and O–H groups in total. The molecule has 2 amide bonds. The first-order chi connectivity index (χ1) is 14.1. The second-order valence-corrected chi connectivity index (χ2v) is 7.06. The van der Waals surface area contributed by atoms with Crippen LogP contribution in [-0.4, -0.2) is 29.2 Å². The molecule has 0 saturated carbocycles. The smallest absolute Gasteiger partial charge is 0.255 e. The van der Waals surface area contributed by atoms with Crippen molar-refractivity contribution < 1.29 is 14.3 Å². The Balaban J connectivity index is 1.52. The SMILES string of the molecule is CCOc1ccc(SCC(=O)Nc2cccc(NC(=O)c3ccncc3)c2)cc1. The van der Waals surface area contributed by atoms with Crippen LogP contribution in [0.4, 0.5) is 11.4 Å². The van der Waals surface area contributed by atoms with Gasteiger partial charge in [0.05, 0.1) is 12.4 Å². The average molecular weight is 407 g/mol. The molecule has 2 aromatic carbocycles. The minimum Gasteiger partial charge on any atom is -0.494 e. The van der Waals surface area contributed by atoms with Gasteiger partial charge < -0.3 is 15.4 Å². The lowest BCUT2D eigenvalue weighted by atomic mass is 10.2. The predicted molar refractivity (Wildman–Crippen MR) is 116 cm³/mol. The number of carbonyl (C=O) groups is 2. The second-order valence-electron chi connectivity index (χ2n) is 6.01. The number of benzene rings is 2. The molecule has 3 aromatic rings. The van der Waals surface area contributed by atoms with Crippen molar-refractivity contribution in [1.29, 1.82) is 0 Å². The molecule has 0 fully saturated rings. The van der Waals surface area contributed by atoms with Crippen LogP contribution in [0.2, 0.25) is 0 Å². The number of nitrogens with zero attached hydrogens (tertiary/aromatic N) is 1. The monoisotopic (exact) mass is 407 g/mol. The van der Waals surface area contributed by atoms with Gasteiger partial charge in [-0.25, -0.2) is 0 Å². The summed E-state index contributed by atoms with van der Waals surface area (Å²) in [5.74, 6) is 0.733. The first-order valence-corrected chi connectivity index (χ1v) is 10.1. The number of anilines is 2. The van der Waals surface area contributed by atoms with Crippen molar-refractivity contribution in [3.8, 4) is 5.75 Å². The van der Waals surface area contributed by atoms with Gasteiger partial charge in [-0.2, -0.15) is 0 Å². The van der Waals surface area contributed by atoms with Crippen LogP contribution in [-0.2, 0) is 4.79 Å². The van der Waals surface area contributed by atoms with Crippen LogP contribution in [0, 0.1) is 0 Å². The van der Waals surface area contributed by atoms with Crippen LogP contribution in [0.25, 0.3) is 0 Å². The number of carbonyl (C=O) groups excluding carboxylic acids is 2. The van der Waals surface area contributed by atoms with E-state index in [1.165, 1.54) is 11.8 Å². The highest BCUT2D eigenvalue weighted by molar-refractivity contribution is 8.00. The highest BCUT2D eigenvalue weighted by atomic mass is 32.2. The van der Waals surface area contributed by atoms with E-state index in [0.29, 0.717) is 23.5 Å². The number of ether oxygens (including phenoxy) is 1. The zero-order chi connectivity index (χ0) is 20.5. The maximum Gasteiger partial charge on any atom is 0.255 e. The number of thioether (sulfide) groups is 1. The standard InChI is InChI=1S/C22H21N3O3S/c1-2-28-19-6-8-20(9-7-19)29-15-21(26)24-17-4-3-5-18(14-17)25-22(27)16-10-12-23-13-11-16/h3-14H,2,15H2,1H3,(H,24,26)(H,25,27). The summed E-state index contributed by atoms with van der Waals surface area (Å²) < 4.78 is 5.41. The normalized spacial score (nSPS) is 10.2. The third-order valence-electron chi connectivity index (χ3n) is 3.85. The van der Waals surface area contributed by atoms with Crippen molar-refractivity contribution in [3.63, 3.8) is 0 Å². The van der Waals surface area contributed by atoms with Gasteiger partial charge in [-0.05, 0) is 61.5 Å². The van der Waals surface area contributed by atoms with Gasteiger partial charge in [0.2, 0.25) is 5.91 Å². The van der Waals surface area contributed by atoms with E-state index in [1.807, 2.05) is 31.2 Å². The fraction of sp³-hybridized carbons (Fsp3) is 0.136. The third-order valence-corrected chi connectivity index (χ3v) is 4.86. The maximum absolute atomic E-state index is 12.3. The van der Waals surface area contributed by atoms with E-state index in [2.05, 4.69) is 15.6 Å². The van der Waals surface area contributed by atoms with Crippen molar-refractivity contribution in [2.75, 3.05) is 23.0 Å². The van der Waals surface area contributed by atoms with Gasteiger partial charge in [0.25, 0.3) is 5.91 Å². The lowest BCUT2D eigenvalue weighted by Crippen LogP contribution is -2.15. The summed E-state index contributed by atoms with van der Waals surface area (Å²) in [5, 5.41) is 5.66. The Morgan fingerprint density at radius 2 is 1.66 bits per heavy atom. The van der Waals surface area contributed by atoms with Crippen molar-refractivity contribution in [3.05, 3.63) is 78.6 Å². The molecule has 0 bridgehead atoms. The Labute approximate surface area is 173 Å². The molecule has 3 rings (SSSR count).